The number of anilines is 1. The summed E-state index contributed by atoms with van der Waals surface area (Å²) in [6.45, 7) is 6.20. The lowest BCUT2D eigenvalue weighted by atomic mass is 9.96. The first-order valence-corrected chi connectivity index (χ1v) is 17.0. The fourth-order valence-electron chi connectivity index (χ4n) is 5.53. The Morgan fingerprint density at radius 2 is 1.80 bits per heavy atom. The highest BCUT2D eigenvalue weighted by molar-refractivity contribution is 14.3. The number of pyridine rings is 1. The molecule has 4 aromatic rings. The smallest absolute Gasteiger partial charge is 0.349 e. The van der Waals surface area contributed by atoms with E-state index in [9.17, 15) is 4.79 Å². The fourth-order valence-corrected chi connectivity index (χ4v) is 6.15. The average molecular weight is 888 g/mol. The van der Waals surface area contributed by atoms with Crippen molar-refractivity contribution in [2.75, 3.05) is 24.5 Å². The van der Waals surface area contributed by atoms with Gasteiger partial charge in [0, 0.05) is 50.4 Å². The van der Waals surface area contributed by atoms with Crippen LogP contribution in [0.15, 0.2) is 63.9 Å². The highest BCUT2D eigenvalue weighted by Crippen LogP contribution is 2.43. The Hall–Kier alpha value is -1.59. The van der Waals surface area contributed by atoms with Gasteiger partial charge in [-0.15, -0.1) is 0 Å². The molecular formula is C30H31I3N6O2. The molecule has 41 heavy (non-hydrogen) atoms. The van der Waals surface area contributed by atoms with Gasteiger partial charge in [-0.1, -0.05) is 115 Å². The quantitative estimate of drug-likeness (QED) is 0.118. The predicted molar refractivity (Wildman–Crippen MR) is 188 cm³/mol. The van der Waals surface area contributed by atoms with Gasteiger partial charge in [0.05, 0.1) is 11.6 Å². The van der Waals surface area contributed by atoms with Gasteiger partial charge in [0.2, 0.25) is 0 Å². The van der Waals surface area contributed by atoms with E-state index in [0.29, 0.717) is 24.8 Å². The van der Waals surface area contributed by atoms with Crippen LogP contribution in [0.3, 0.4) is 0 Å². The van der Waals surface area contributed by atoms with Crippen molar-refractivity contribution < 1.29 is 4.52 Å². The first-order valence-electron chi connectivity index (χ1n) is 13.7. The molecule has 1 aliphatic carbocycles. The van der Waals surface area contributed by atoms with Crippen LogP contribution in [0, 0.1) is 13.8 Å². The number of rotatable bonds is 7. The molecule has 2 unspecified atom stereocenters. The molecule has 0 N–H and O–H groups in total. The van der Waals surface area contributed by atoms with Gasteiger partial charge in [0.25, 0.3) is 0 Å². The number of aryl methyl sites for hydroxylation is 3. The molecule has 0 radical (unpaired) electrons. The maximum Gasteiger partial charge on any atom is 0.349 e. The Bertz CT molecular complexity index is 1660. The lowest BCUT2D eigenvalue weighted by Crippen LogP contribution is -2.54. The number of hydrogen-bond acceptors (Lipinski definition) is 7. The number of aromatic nitrogens is 4. The molecule has 4 heterocycles. The van der Waals surface area contributed by atoms with E-state index in [-0.39, 0.29) is 17.2 Å². The van der Waals surface area contributed by atoms with Crippen molar-refractivity contribution >= 4 is 84.6 Å². The minimum absolute atomic E-state index is 0.0283. The molecule has 2 atom stereocenters. The molecule has 0 spiro atoms. The molecule has 1 saturated heterocycles. The number of alkyl halides is 3. The van der Waals surface area contributed by atoms with Crippen molar-refractivity contribution in [2.24, 2.45) is 7.05 Å². The summed E-state index contributed by atoms with van der Waals surface area (Å²) in [4.78, 5) is 27.0. The lowest BCUT2D eigenvalue weighted by Gasteiger charge is -2.44. The van der Waals surface area contributed by atoms with Crippen LogP contribution in [0.25, 0.3) is 11.0 Å². The highest BCUT2D eigenvalue weighted by atomic mass is 127. The molecule has 214 valence electrons. The van der Waals surface area contributed by atoms with Crippen LogP contribution in [0.4, 0.5) is 5.82 Å². The summed E-state index contributed by atoms with van der Waals surface area (Å²) in [5, 5.41) is 4.62. The van der Waals surface area contributed by atoms with E-state index in [1.165, 1.54) is 24.0 Å². The zero-order valence-corrected chi connectivity index (χ0v) is 29.6. The van der Waals surface area contributed by atoms with E-state index in [1.807, 2.05) is 19.1 Å². The van der Waals surface area contributed by atoms with Crippen LogP contribution in [0.5, 0.6) is 0 Å². The van der Waals surface area contributed by atoms with Gasteiger partial charge in [0.1, 0.15) is 16.4 Å². The normalized spacial score (nSPS) is 19.4. The number of allylic oxidation sites excluding steroid dienone is 1. The molecule has 1 aromatic carbocycles. The van der Waals surface area contributed by atoms with Crippen LogP contribution in [-0.2, 0) is 7.05 Å². The third-order valence-corrected chi connectivity index (χ3v) is 8.95. The van der Waals surface area contributed by atoms with Gasteiger partial charge in [0.15, 0.2) is 5.82 Å². The second kappa shape index (κ2) is 11.8. The van der Waals surface area contributed by atoms with Crippen LogP contribution in [-0.4, -0.2) is 49.7 Å². The Morgan fingerprint density at radius 1 is 1.05 bits per heavy atom. The van der Waals surface area contributed by atoms with E-state index in [1.54, 1.807) is 11.6 Å². The lowest BCUT2D eigenvalue weighted by molar-refractivity contribution is 0.161. The summed E-state index contributed by atoms with van der Waals surface area (Å²) >= 11 is 7.33. The average Bonchev–Trinajstić information content (AvgIpc) is 3.68. The van der Waals surface area contributed by atoms with Gasteiger partial charge in [-0.25, -0.2) is 9.78 Å². The van der Waals surface area contributed by atoms with E-state index < -0.39 is 0 Å². The van der Waals surface area contributed by atoms with Gasteiger partial charge in [-0.05, 0) is 44.4 Å². The van der Waals surface area contributed by atoms with E-state index in [2.05, 4.69) is 137 Å². The van der Waals surface area contributed by atoms with Crippen LogP contribution < -0.4 is 10.6 Å². The summed E-state index contributed by atoms with van der Waals surface area (Å²) in [6.07, 6.45) is 6.88. The summed E-state index contributed by atoms with van der Waals surface area (Å²) in [7, 11) is 1.75. The maximum absolute atomic E-state index is 12.9. The Morgan fingerprint density at radius 3 is 2.51 bits per heavy atom. The van der Waals surface area contributed by atoms with Crippen molar-refractivity contribution in [3.63, 3.8) is 0 Å². The van der Waals surface area contributed by atoms with E-state index in [4.69, 9.17) is 9.51 Å². The Kier molecular flexibility index (Phi) is 8.51. The number of piperazine rings is 1. The molecule has 1 saturated carbocycles. The van der Waals surface area contributed by atoms with Gasteiger partial charge in [-0.2, -0.15) is 4.98 Å². The summed E-state index contributed by atoms with van der Waals surface area (Å²) in [5.74, 6) is 2.14. The van der Waals surface area contributed by atoms with Gasteiger partial charge in [-0.3, -0.25) is 9.47 Å². The predicted octanol–water partition coefficient (Wildman–Crippen LogP) is 6.61. The molecule has 8 nitrogen and oxygen atoms in total. The standard InChI is InChI=1S/C30H31I3N6O2/c1-18-4-7-21(8-5-18)27(23-16-25(41-36-23)20-9-10-20)39-15-14-38(17-22(39)12-13-30(31,32)33)28-26-24(11-6-19(2)34-26)37(3)29(40)35-28/h4-8,11-13,16,20,22,27H,9-10,14-15,17H2,1-3H3. The highest BCUT2D eigenvalue weighted by Gasteiger charge is 2.37. The number of halogens is 3. The SMILES string of the molecule is Cc1ccc(C(c2cc(C3CC3)on2)N2CCN(c3nc(=O)n(C)c4ccc(C)nc34)CC2C=CC(I)(I)I)cc1. The first kappa shape index (κ1) is 29.5. The van der Waals surface area contributed by atoms with Crippen LogP contribution >= 0.6 is 67.8 Å². The zero-order chi connectivity index (χ0) is 28.9. The molecule has 0 bridgehead atoms. The van der Waals surface area contributed by atoms with Crippen molar-refractivity contribution in [3.8, 4) is 0 Å². The van der Waals surface area contributed by atoms with Crippen LogP contribution in [0.1, 0.15) is 53.1 Å². The van der Waals surface area contributed by atoms with E-state index in [0.717, 1.165) is 34.7 Å². The molecule has 1 aliphatic heterocycles. The second-order valence-electron chi connectivity index (χ2n) is 11.0. The number of benzene rings is 1. The van der Waals surface area contributed by atoms with Crippen molar-refractivity contribution in [1.82, 2.24) is 24.6 Å². The van der Waals surface area contributed by atoms with Crippen LogP contribution in [0.2, 0.25) is 0 Å². The molecular weight excluding hydrogens is 857 g/mol. The monoisotopic (exact) mass is 888 g/mol. The minimum Gasteiger partial charge on any atom is -0.361 e. The zero-order valence-electron chi connectivity index (χ0n) is 23.1. The molecule has 2 aliphatic rings. The van der Waals surface area contributed by atoms with E-state index >= 15 is 0 Å². The Balaban J connectivity index is 1.42. The fraction of sp³-hybridized carbons (Fsp3) is 0.400. The van der Waals surface area contributed by atoms with Gasteiger partial charge >= 0.3 is 5.69 Å². The molecule has 3 aromatic heterocycles. The molecule has 2 fully saturated rings. The largest absolute Gasteiger partial charge is 0.361 e. The summed E-state index contributed by atoms with van der Waals surface area (Å²) in [5.41, 5.74) is 5.54. The van der Waals surface area contributed by atoms with Crippen molar-refractivity contribution in [2.45, 2.75) is 44.1 Å². The first-order chi connectivity index (χ1) is 19.6. The third-order valence-electron chi connectivity index (χ3n) is 7.87. The van der Waals surface area contributed by atoms with Crippen molar-refractivity contribution in [3.05, 3.63) is 93.4 Å². The molecule has 11 heteroatoms. The topological polar surface area (TPSA) is 80.3 Å². The van der Waals surface area contributed by atoms with Crippen molar-refractivity contribution in [1.29, 1.82) is 0 Å². The Labute approximate surface area is 280 Å². The second-order valence-corrected chi connectivity index (χ2v) is 22.3. The number of fused-ring (bicyclic) bond motifs is 1. The number of hydrogen-bond donors (Lipinski definition) is 0. The molecule has 0 amide bonds. The minimum atomic E-state index is -0.272. The summed E-state index contributed by atoms with van der Waals surface area (Å²) in [6, 6.07) is 14.8. The number of nitrogens with zero attached hydrogens (tertiary/aromatic N) is 6. The third kappa shape index (κ3) is 6.51. The van der Waals surface area contributed by atoms with Gasteiger partial charge < -0.3 is 9.42 Å². The summed E-state index contributed by atoms with van der Waals surface area (Å²) < 4.78 is 7.37. The molecule has 6 rings (SSSR count). The maximum atomic E-state index is 12.9.